The van der Waals surface area contributed by atoms with Gasteiger partial charge in [0.05, 0.1) is 40.3 Å². The van der Waals surface area contributed by atoms with Crippen LogP contribution in [-0.4, -0.2) is 37.2 Å². The molecule has 168 valence electrons. The predicted molar refractivity (Wildman–Crippen MR) is 116 cm³/mol. The second-order valence-corrected chi connectivity index (χ2v) is 8.05. The number of halogens is 4. The van der Waals surface area contributed by atoms with E-state index in [-0.39, 0.29) is 18.3 Å². The first kappa shape index (κ1) is 21.2. The van der Waals surface area contributed by atoms with Gasteiger partial charge in [0.15, 0.2) is 5.82 Å². The Morgan fingerprint density at radius 1 is 1.15 bits per heavy atom. The van der Waals surface area contributed by atoms with E-state index in [9.17, 15) is 18.0 Å². The zero-order chi connectivity index (χ0) is 23.3. The second kappa shape index (κ2) is 7.73. The minimum atomic E-state index is -4.58. The number of rotatable bonds is 3. The minimum absolute atomic E-state index is 0.217. The molecule has 1 aromatic carbocycles. The van der Waals surface area contributed by atoms with Crippen LogP contribution in [0.3, 0.4) is 0 Å². The summed E-state index contributed by atoms with van der Waals surface area (Å²) in [5.74, 6) is 0.138. The van der Waals surface area contributed by atoms with E-state index in [1.54, 1.807) is 35.4 Å². The zero-order valence-corrected chi connectivity index (χ0v) is 17.9. The van der Waals surface area contributed by atoms with Crippen molar-refractivity contribution in [1.29, 1.82) is 0 Å². The Kier molecular flexibility index (Phi) is 4.97. The molecule has 1 atom stereocenters. The Morgan fingerprint density at radius 2 is 1.97 bits per heavy atom. The van der Waals surface area contributed by atoms with Crippen molar-refractivity contribution in [3.8, 4) is 22.8 Å². The average Bonchev–Trinajstić information content (AvgIpc) is 3.43. The lowest BCUT2D eigenvalue weighted by molar-refractivity contribution is -0.137. The van der Waals surface area contributed by atoms with Gasteiger partial charge in [0.1, 0.15) is 11.4 Å². The van der Waals surface area contributed by atoms with Gasteiger partial charge in [-0.1, -0.05) is 17.7 Å². The Morgan fingerprint density at radius 3 is 2.67 bits per heavy atom. The number of imidazole rings is 1. The number of hydrogen-bond acceptors (Lipinski definition) is 4. The Bertz CT molecular complexity index is 1350. The molecule has 4 aromatic rings. The number of carbonyl (C=O) groups is 1. The van der Waals surface area contributed by atoms with Crippen LogP contribution in [0.15, 0.2) is 55.0 Å². The highest BCUT2D eigenvalue weighted by molar-refractivity contribution is 6.31. The number of alkyl halides is 3. The van der Waals surface area contributed by atoms with Gasteiger partial charge in [-0.3, -0.25) is 14.5 Å². The number of hydrogen-bond donors (Lipinski definition) is 1. The molecule has 1 aliphatic heterocycles. The number of aromatic amines is 1. The second-order valence-electron chi connectivity index (χ2n) is 7.64. The number of benzene rings is 1. The van der Waals surface area contributed by atoms with Crippen molar-refractivity contribution in [2.75, 3.05) is 11.4 Å². The molecule has 0 aliphatic carbocycles. The van der Waals surface area contributed by atoms with Crippen LogP contribution < -0.4 is 4.90 Å². The third-order valence-electron chi connectivity index (χ3n) is 5.45. The van der Waals surface area contributed by atoms with Crippen LogP contribution in [0.2, 0.25) is 5.02 Å². The van der Waals surface area contributed by atoms with E-state index in [2.05, 4.69) is 20.1 Å². The molecule has 0 unspecified atom stereocenters. The number of carbonyl (C=O) groups excluding carboxylic acids is 1. The van der Waals surface area contributed by atoms with Gasteiger partial charge in [-0.15, -0.1) is 0 Å². The van der Waals surface area contributed by atoms with E-state index in [4.69, 9.17) is 11.6 Å². The number of nitrogens with one attached hydrogen (secondary N) is 1. The van der Waals surface area contributed by atoms with E-state index >= 15 is 0 Å². The van der Waals surface area contributed by atoms with Crippen molar-refractivity contribution in [1.82, 2.24) is 24.7 Å². The third-order valence-corrected chi connectivity index (χ3v) is 5.76. The molecular weight excluding hydrogens is 457 g/mol. The molecule has 0 spiro atoms. The molecule has 11 heteroatoms. The number of pyridine rings is 1. The van der Waals surface area contributed by atoms with E-state index < -0.39 is 22.7 Å². The fourth-order valence-corrected chi connectivity index (χ4v) is 4.16. The monoisotopic (exact) mass is 472 g/mol. The number of aromatic nitrogens is 5. The molecule has 5 rings (SSSR count). The summed E-state index contributed by atoms with van der Waals surface area (Å²) < 4.78 is 40.9. The molecule has 1 amide bonds. The largest absolute Gasteiger partial charge is 0.417 e. The van der Waals surface area contributed by atoms with Crippen LogP contribution in [0.5, 0.6) is 0 Å². The van der Waals surface area contributed by atoms with Gasteiger partial charge in [0.25, 0.3) is 5.91 Å². The number of fused-ring (bicyclic) bond motifs is 1. The predicted octanol–water partition coefficient (Wildman–Crippen LogP) is 5.23. The first-order valence-electron chi connectivity index (χ1n) is 9.97. The maximum absolute atomic E-state index is 13.4. The van der Waals surface area contributed by atoms with Crippen molar-refractivity contribution in [2.45, 2.75) is 19.1 Å². The number of nitrogens with zero attached hydrogens (tertiary/aromatic N) is 5. The van der Waals surface area contributed by atoms with Crippen molar-refractivity contribution >= 4 is 23.2 Å². The molecular formula is C22H16ClF3N6O. The van der Waals surface area contributed by atoms with Crippen LogP contribution in [0.25, 0.3) is 22.8 Å². The van der Waals surface area contributed by atoms with Gasteiger partial charge in [0, 0.05) is 18.4 Å². The summed E-state index contributed by atoms with van der Waals surface area (Å²) in [6, 6.07) is 8.52. The maximum atomic E-state index is 13.4. The molecule has 0 radical (unpaired) electrons. The number of anilines is 1. The highest BCUT2D eigenvalue weighted by Crippen LogP contribution is 2.38. The topological polar surface area (TPSA) is 79.7 Å². The van der Waals surface area contributed by atoms with Gasteiger partial charge in [0.2, 0.25) is 0 Å². The zero-order valence-electron chi connectivity index (χ0n) is 17.1. The van der Waals surface area contributed by atoms with Crippen LogP contribution in [-0.2, 0) is 6.18 Å². The fraction of sp³-hybridized carbons (Fsp3) is 0.182. The fourth-order valence-electron chi connectivity index (χ4n) is 3.87. The maximum Gasteiger partial charge on any atom is 0.417 e. The van der Waals surface area contributed by atoms with Crippen LogP contribution in [0, 0.1) is 0 Å². The summed E-state index contributed by atoms with van der Waals surface area (Å²) in [4.78, 5) is 26.6. The molecule has 0 saturated carbocycles. The number of H-pyrrole nitrogens is 1. The summed E-state index contributed by atoms with van der Waals surface area (Å²) >= 11 is 5.89. The summed E-state index contributed by atoms with van der Waals surface area (Å²) in [5.41, 5.74) is 1.39. The summed E-state index contributed by atoms with van der Waals surface area (Å²) in [5, 5.41) is 3.91. The minimum Gasteiger partial charge on any atom is -0.337 e. The number of amides is 1. The van der Waals surface area contributed by atoms with Crippen molar-refractivity contribution in [3.05, 3.63) is 71.3 Å². The molecule has 4 heterocycles. The van der Waals surface area contributed by atoms with E-state index in [0.29, 0.717) is 28.5 Å². The first-order valence-corrected chi connectivity index (χ1v) is 10.3. The van der Waals surface area contributed by atoms with Crippen LogP contribution in [0.4, 0.5) is 18.9 Å². The van der Waals surface area contributed by atoms with Gasteiger partial charge in [-0.25, -0.2) is 4.98 Å². The van der Waals surface area contributed by atoms with Gasteiger partial charge in [-0.05, 0) is 37.3 Å². The van der Waals surface area contributed by atoms with E-state index in [1.807, 2.05) is 13.0 Å². The van der Waals surface area contributed by atoms with Gasteiger partial charge < -0.3 is 9.88 Å². The Hall–Kier alpha value is -3.66. The lowest BCUT2D eigenvalue weighted by atomic mass is 10.1. The van der Waals surface area contributed by atoms with E-state index in [0.717, 1.165) is 12.1 Å². The summed E-state index contributed by atoms with van der Waals surface area (Å²) in [6.07, 6.45) is 0.237. The van der Waals surface area contributed by atoms with Crippen LogP contribution in [0.1, 0.15) is 29.0 Å². The Balaban J connectivity index is 1.53. The standard InChI is InChI=1S/C22H16ClF3N6O/c1-12-11-31(13-5-6-15(16(23)8-13)22(24,25)26)21(33)19-14(9-29-32(12)19)18-10-28-20(30-18)17-4-2-3-7-27-17/h2-10,12H,11H2,1H3,(H,28,30)/t12-/m0/s1. The van der Waals surface area contributed by atoms with E-state index in [1.165, 1.54) is 11.0 Å². The summed E-state index contributed by atoms with van der Waals surface area (Å²) in [6.45, 7) is 2.11. The lowest BCUT2D eigenvalue weighted by Gasteiger charge is -2.32. The highest BCUT2D eigenvalue weighted by atomic mass is 35.5. The molecule has 3 aromatic heterocycles. The molecule has 33 heavy (non-hydrogen) atoms. The highest BCUT2D eigenvalue weighted by Gasteiger charge is 2.36. The molecule has 0 bridgehead atoms. The SMILES string of the molecule is C[C@H]1CN(c2ccc(C(F)(F)F)c(Cl)c2)C(=O)c2c(-c3cnc(-c4ccccn4)[nH]3)cnn21. The van der Waals surface area contributed by atoms with Crippen molar-refractivity contribution in [2.24, 2.45) is 0 Å². The van der Waals surface area contributed by atoms with Crippen LogP contribution >= 0.6 is 11.6 Å². The molecule has 0 saturated heterocycles. The first-order chi connectivity index (χ1) is 15.7. The molecule has 0 fully saturated rings. The van der Waals surface area contributed by atoms with Crippen molar-refractivity contribution < 1.29 is 18.0 Å². The normalized spacial score (nSPS) is 16.2. The lowest BCUT2D eigenvalue weighted by Crippen LogP contribution is -2.42. The van der Waals surface area contributed by atoms with Gasteiger partial charge in [-0.2, -0.15) is 18.3 Å². The Labute approximate surface area is 190 Å². The smallest absolute Gasteiger partial charge is 0.337 e. The molecule has 1 N–H and O–H groups in total. The molecule has 7 nitrogen and oxygen atoms in total. The van der Waals surface area contributed by atoms with Crippen molar-refractivity contribution in [3.63, 3.8) is 0 Å². The summed E-state index contributed by atoms with van der Waals surface area (Å²) in [7, 11) is 0. The van der Waals surface area contributed by atoms with Gasteiger partial charge >= 0.3 is 6.18 Å². The average molecular weight is 473 g/mol. The quantitative estimate of drug-likeness (QED) is 0.443. The molecule has 1 aliphatic rings. The third kappa shape index (κ3) is 3.66.